The molecular formula is C21H22ClNO4. The minimum Gasteiger partial charge on any atom is -0.497 e. The van der Waals surface area contributed by atoms with Crippen molar-refractivity contribution in [3.8, 4) is 11.5 Å². The molecule has 0 saturated carbocycles. The highest BCUT2D eigenvalue weighted by Gasteiger charge is 2.29. The number of carbonyl (C=O) groups is 2. The molecule has 1 saturated heterocycles. The topological polar surface area (TPSA) is 55.8 Å². The summed E-state index contributed by atoms with van der Waals surface area (Å²) in [6, 6.07) is 14.0. The largest absolute Gasteiger partial charge is 0.497 e. The van der Waals surface area contributed by atoms with Crippen LogP contribution in [0, 0.1) is 5.92 Å². The Morgan fingerprint density at radius 2 is 1.74 bits per heavy atom. The number of piperidine rings is 1. The summed E-state index contributed by atoms with van der Waals surface area (Å²) in [5.74, 6) is 1.07. The minimum absolute atomic E-state index is 0.0505. The van der Waals surface area contributed by atoms with Gasteiger partial charge in [0.1, 0.15) is 11.5 Å². The maximum absolute atomic E-state index is 12.8. The number of hydrogen-bond donors (Lipinski definition) is 0. The third-order valence-electron chi connectivity index (χ3n) is 4.70. The van der Waals surface area contributed by atoms with Gasteiger partial charge in [0.15, 0.2) is 12.4 Å². The molecule has 1 amide bonds. The molecule has 142 valence electrons. The molecule has 27 heavy (non-hydrogen) atoms. The van der Waals surface area contributed by atoms with Crippen LogP contribution >= 0.6 is 11.6 Å². The number of likely N-dealkylation sites (tertiary alicyclic amines) is 1. The maximum Gasteiger partial charge on any atom is 0.260 e. The fourth-order valence-electron chi connectivity index (χ4n) is 3.18. The molecule has 0 aromatic heterocycles. The second-order valence-electron chi connectivity index (χ2n) is 6.51. The lowest BCUT2D eigenvalue weighted by Crippen LogP contribution is -2.44. The highest BCUT2D eigenvalue weighted by molar-refractivity contribution is 6.30. The second kappa shape index (κ2) is 8.91. The first kappa shape index (κ1) is 19.2. The van der Waals surface area contributed by atoms with Crippen molar-refractivity contribution in [1.82, 2.24) is 4.90 Å². The van der Waals surface area contributed by atoms with Crippen molar-refractivity contribution in [3.05, 3.63) is 59.1 Å². The number of hydrogen-bond acceptors (Lipinski definition) is 4. The first-order valence-corrected chi connectivity index (χ1v) is 9.29. The Kier molecular flexibility index (Phi) is 6.35. The van der Waals surface area contributed by atoms with Gasteiger partial charge < -0.3 is 14.4 Å². The number of amides is 1. The van der Waals surface area contributed by atoms with Gasteiger partial charge in [-0.25, -0.2) is 0 Å². The number of methoxy groups -OCH3 is 1. The summed E-state index contributed by atoms with van der Waals surface area (Å²) >= 11 is 5.84. The van der Waals surface area contributed by atoms with E-state index in [1.165, 1.54) is 0 Å². The fourth-order valence-corrected chi connectivity index (χ4v) is 3.30. The summed E-state index contributed by atoms with van der Waals surface area (Å²) in [5.41, 5.74) is 0.646. The number of nitrogens with zero attached hydrogens (tertiary/aromatic N) is 1. The molecule has 1 aliphatic rings. The van der Waals surface area contributed by atoms with Crippen LogP contribution in [0.5, 0.6) is 11.5 Å². The van der Waals surface area contributed by atoms with Gasteiger partial charge in [-0.1, -0.05) is 11.6 Å². The minimum atomic E-state index is -0.188. The molecule has 3 rings (SSSR count). The quantitative estimate of drug-likeness (QED) is 0.706. The van der Waals surface area contributed by atoms with E-state index >= 15 is 0 Å². The molecule has 0 aliphatic carbocycles. The van der Waals surface area contributed by atoms with Crippen molar-refractivity contribution in [3.63, 3.8) is 0 Å². The molecule has 1 unspecified atom stereocenters. The number of benzene rings is 2. The predicted octanol–water partition coefficient (Wildman–Crippen LogP) is 3.85. The summed E-state index contributed by atoms with van der Waals surface area (Å²) in [6.07, 6.45) is 1.59. The number of carbonyl (C=O) groups excluding carboxylic acids is 2. The molecule has 6 heteroatoms. The average molecular weight is 388 g/mol. The van der Waals surface area contributed by atoms with Crippen LogP contribution in [0.25, 0.3) is 0 Å². The van der Waals surface area contributed by atoms with E-state index in [-0.39, 0.29) is 24.2 Å². The van der Waals surface area contributed by atoms with Crippen molar-refractivity contribution < 1.29 is 19.1 Å². The molecule has 0 bridgehead atoms. The number of rotatable bonds is 6. The molecule has 0 N–H and O–H groups in total. The average Bonchev–Trinajstić information content (AvgIpc) is 2.72. The van der Waals surface area contributed by atoms with Gasteiger partial charge in [-0.2, -0.15) is 0 Å². The molecule has 1 atom stereocenters. The van der Waals surface area contributed by atoms with E-state index in [2.05, 4.69) is 0 Å². The van der Waals surface area contributed by atoms with Crippen LogP contribution in [0.1, 0.15) is 23.2 Å². The third kappa shape index (κ3) is 5.01. The molecule has 1 fully saturated rings. The van der Waals surface area contributed by atoms with Crippen LogP contribution in [0.2, 0.25) is 5.02 Å². The highest BCUT2D eigenvalue weighted by atomic mass is 35.5. The monoisotopic (exact) mass is 387 g/mol. The van der Waals surface area contributed by atoms with Gasteiger partial charge in [-0.15, -0.1) is 0 Å². The smallest absolute Gasteiger partial charge is 0.260 e. The fraction of sp³-hybridized carbons (Fsp3) is 0.333. The summed E-state index contributed by atoms with van der Waals surface area (Å²) in [5, 5.41) is 0.615. The van der Waals surface area contributed by atoms with Gasteiger partial charge in [-0.05, 0) is 61.4 Å². The van der Waals surface area contributed by atoms with Gasteiger partial charge >= 0.3 is 0 Å². The first-order valence-electron chi connectivity index (χ1n) is 8.91. The van der Waals surface area contributed by atoms with Gasteiger partial charge in [0.25, 0.3) is 5.91 Å². The molecule has 2 aromatic rings. The Balaban J connectivity index is 1.56. The molecule has 1 heterocycles. The normalized spacial score (nSPS) is 16.7. The van der Waals surface area contributed by atoms with E-state index in [1.807, 2.05) is 0 Å². The van der Waals surface area contributed by atoms with Crippen LogP contribution < -0.4 is 9.47 Å². The summed E-state index contributed by atoms with van der Waals surface area (Å²) in [7, 11) is 1.59. The van der Waals surface area contributed by atoms with E-state index in [0.717, 1.165) is 12.8 Å². The molecule has 1 aliphatic heterocycles. The molecule has 5 nitrogen and oxygen atoms in total. The summed E-state index contributed by atoms with van der Waals surface area (Å²) in [6.45, 7) is 1.02. The SMILES string of the molecule is COc1ccc(C(=O)C2CCCN(C(=O)COc3ccc(Cl)cc3)C2)cc1. The van der Waals surface area contributed by atoms with E-state index in [1.54, 1.807) is 60.5 Å². The predicted molar refractivity (Wildman–Crippen MR) is 104 cm³/mol. The lowest BCUT2D eigenvalue weighted by Gasteiger charge is -2.32. The van der Waals surface area contributed by atoms with Crippen LogP contribution in [0.4, 0.5) is 0 Å². The van der Waals surface area contributed by atoms with E-state index in [9.17, 15) is 9.59 Å². The molecule has 0 spiro atoms. The Labute approximate surface area is 163 Å². The van der Waals surface area contributed by atoms with Crippen molar-refractivity contribution in [2.75, 3.05) is 26.8 Å². The van der Waals surface area contributed by atoms with Gasteiger partial charge in [0, 0.05) is 29.6 Å². The van der Waals surface area contributed by atoms with Crippen molar-refractivity contribution >= 4 is 23.3 Å². The Morgan fingerprint density at radius 1 is 1.07 bits per heavy atom. The van der Waals surface area contributed by atoms with Crippen molar-refractivity contribution in [2.24, 2.45) is 5.92 Å². The molecule has 0 radical (unpaired) electrons. The van der Waals surface area contributed by atoms with Crippen LogP contribution in [-0.4, -0.2) is 43.4 Å². The third-order valence-corrected chi connectivity index (χ3v) is 4.95. The lowest BCUT2D eigenvalue weighted by atomic mass is 9.90. The maximum atomic E-state index is 12.8. The molecular weight excluding hydrogens is 366 g/mol. The van der Waals surface area contributed by atoms with Gasteiger partial charge in [0.05, 0.1) is 7.11 Å². The number of ether oxygens (including phenoxy) is 2. The first-order chi connectivity index (χ1) is 13.1. The van der Waals surface area contributed by atoms with E-state index < -0.39 is 0 Å². The van der Waals surface area contributed by atoms with E-state index in [4.69, 9.17) is 21.1 Å². The van der Waals surface area contributed by atoms with Crippen LogP contribution in [0.15, 0.2) is 48.5 Å². The number of Topliss-reactive ketones (excluding diaryl/α,β-unsaturated/α-hetero) is 1. The van der Waals surface area contributed by atoms with Gasteiger partial charge in [-0.3, -0.25) is 9.59 Å². The zero-order chi connectivity index (χ0) is 19.2. The van der Waals surface area contributed by atoms with Crippen molar-refractivity contribution in [2.45, 2.75) is 12.8 Å². The highest BCUT2D eigenvalue weighted by Crippen LogP contribution is 2.23. The Bertz CT molecular complexity index is 789. The standard InChI is InChI=1S/C21H22ClNO4/c1-26-18-8-4-15(5-9-18)21(25)16-3-2-12-23(13-16)20(24)14-27-19-10-6-17(22)7-11-19/h4-11,16H,2-3,12-14H2,1H3. The van der Waals surface area contributed by atoms with Gasteiger partial charge in [0.2, 0.25) is 0 Å². The lowest BCUT2D eigenvalue weighted by molar-refractivity contribution is -0.134. The summed E-state index contributed by atoms with van der Waals surface area (Å²) < 4.78 is 10.7. The van der Waals surface area contributed by atoms with Crippen molar-refractivity contribution in [1.29, 1.82) is 0 Å². The van der Waals surface area contributed by atoms with Crippen LogP contribution in [-0.2, 0) is 4.79 Å². The zero-order valence-electron chi connectivity index (χ0n) is 15.2. The number of halogens is 1. The Morgan fingerprint density at radius 3 is 2.41 bits per heavy atom. The number of ketones is 1. The van der Waals surface area contributed by atoms with E-state index in [0.29, 0.717) is 35.2 Å². The van der Waals surface area contributed by atoms with Crippen LogP contribution in [0.3, 0.4) is 0 Å². The molecule has 2 aromatic carbocycles. The summed E-state index contributed by atoms with van der Waals surface area (Å²) in [4.78, 5) is 26.9. The Hall–Kier alpha value is -2.53. The zero-order valence-corrected chi connectivity index (χ0v) is 15.9. The second-order valence-corrected chi connectivity index (χ2v) is 6.95.